The maximum Gasteiger partial charge on any atom is 0.352 e. The first-order valence-corrected chi connectivity index (χ1v) is 5.33. The molecule has 0 atom stereocenters. The van der Waals surface area contributed by atoms with E-state index in [4.69, 9.17) is 10.2 Å². The lowest BCUT2D eigenvalue weighted by atomic mass is 10.4. The molecule has 0 aliphatic heterocycles. The van der Waals surface area contributed by atoms with Crippen LogP contribution < -0.4 is 22.5 Å². The van der Waals surface area contributed by atoms with E-state index in [2.05, 4.69) is 0 Å². The summed E-state index contributed by atoms with van der Waals surface area (Å²) < 4.78 is 0. The Hall–Kier alpha value is -3.74. The van der Waals surface area contributed by atoms with Gasteiger partial charge in [-0.15, -0.1) is 0 Å². The number of carboxylic acids is 2. The van der Waals surface area contributed by atoms with Gasteiger partial charge in [-0.05, 0) is 0 Å². The van der Waals surface area contributed by atoms with Crippen molar-refractivity contribution < 1.29 is 25.3 Å². The Balaban J connectivity index is 0.000000403. The van der Waals surface area contributed by atoms with Crippen LogP contribution in [-0.2, 0) is 0 Å². The van der Waals surface area contributed by atoms with Crippen molar-refractivity contribution in [1.82, 2.24) is 19.9 Å². The van der Waals surface area contributed by atoms with Crippen LogP contribution in [0.3, 0.4) is 0 Å². The second-order valence-electron chi connectivity index (χ2n) is 3.61. The summed E-state index contributed by atoms with van der Waals surface area (Å²) >= 11 is 0. The summed E-state index contributed by atoms with van der Waals surface area (Å²) in [4.78, 5) is 69.7. The normalized spacial score (nSPS) is 9.04. The molecule has 2 aromatic rings. The van der Waals surface area contributed by atoms with Crippen molar-refractivity contribution in [1.29, 1.82) is 0 Å². The third-order valence-electron chi connectivity index (χ3n) is 1.98. The van der Waals surface area contributed by atoms with Gasteiger partial charge in [0.25, 0.3) is 11.1 Å². The van der Waals surface area contributed by atoms with Crippen LogP contribution in [0.1, 0.15) is 21.0 Å². The highest BCUT2D eigenvalue weighted by Gasteiger charge is 2.04. The predicted octanol–water partition coefficient (Wildman–Crippen LogP) is -3.30. The molecule has 0 unspecified atom stereocenters. The lowest BCUT2D eigenvalue weighted by Gasteiger charge is -1.89. The Morgan fingerprint density at radius 2 is 1.00 bits per heavy atom. The maximum atomic E-state index is 10.5. The summed E-state index contributed by atoms with van der Waals surface area (Å²) in [5, 5.41) is 16.6. The van der Waals surface area contributed by atoms with Gasteiger partial charge < -0.3 is 25.7 Å². The largest absolute Gasteiger partial charge is 0.477 e. The fourth-order valence-electron chi connectivity index (χ4n) is 1.17. The van der Waals surface area contributed by atoms with Crippen LogP contribution in [-0.4, -0.2) is 47.6 Å². The smallest absolute Gasteiger partial charge is 0.352 e. The average molecular weight is 330 g/mol. The van der Waals surface area contributed by atoms with Gasteiger partial charge in [-0.1, -0.05) is 0 Å². The van der Waals surface area contributed by atoms with Crippen molar-refractivity contribution in [3.63, 3.8) is 0 Å². The zero-order valence-corrected chi connectivity index (χ0v) is 11.0. The SMILES string of the molecule is O.O=C(O)c1cc(=O)[nH]c(=O)[nH]1.O=C(O)c1cc(=O)[nH]c(=O)[nH]1. The van der Waals surface area contributed by atoms with Gasteiger partial charge in [0.05, 0.1) is 0 Å². The van der Waals surface area contributed by atoms with Crippen LogP contribution in [0.15, 0.2) is 31.3 Å². The number of rotatable bonds is 2. The molecule has 2 heterocycles. The van der Waals surface area contributed by atoms with E-state index in [0.717, 1.165) is 12.1 Å². The van der Waals surface area contributed by atoms with Gasteiger partial charge in [-0.3, -0.25) is 19.6 Å². The first-order valence-electron chi connectivity index (χ1n) is 5.33. The van der Waals surface area contributed by atoms with E-state index in [1.165, 1.54) is 0 Å². The van der Waals surface area contributed by atoms with E-state index in [0.29, 0.717) is 0 Å². The van der Waals surface area contributed by atoms with Crippen molar-refractivity contribution in [2.75, 3.05) is 0 Å². The number of carbonyl (C=O) groups is 2. The minimum absolute atomic E-state index is 0. The van der Waals surface area contributed by atoms with E-state index < -0.39 is 45.8 Å². The number of aromatic nitrogens is 4. The highest BCUT2D eigenvalue weighted by atomic mass is 16.4. The molecule has 0 amide bonds. The highest BCUT2D eigenvalue weighted by Crippen LogP contribution is 1.82. The second kappa shape index (κ2) is 7.89. The van der Waals surface area contributed by atoms with Gasteiger partial charge >= 0.3 is 23.3 Å². The molecule has 0 radical (unpaired) electrons. The monoisotopic (exact) mass is 330 g/mol. The zero-order chi connectivity index (χ0) is 16.9. The molecular weight excluding hydrogens is 320 g/mol. The van der Waals surface area contributed by atoms with E-state index in [1.54, 1.807) is 0 Å². The first-order chi connectivity index (χ1) is 10.2. The zero-order valence-electron chi connectivity index (χ0n) is 11.0. The maximum absolute atomic E-state index is 10.5. The number of H-pyrrole nitrogens is 4. The van der Waals surface area contributed by atoms with Gasteiger partial charge in [-0.25, -0.2) is 19.2 Å². The molecule has 0 spiro atoms. The molecule has 0 aromatic carbocycles. The molecule has 13 nitrogen and oxygen atoms in total. The number of aromatic amines is 4. The van der Waals surface area contributed by atoms with E-state index >= 15 is 0 Å². The van der Waals surface area contributed by atoms with Crippen LogP contribution in [0, 0.1) is 0 Å². The molecule has 0 aliphatic rings. The van der Waals surface area contributed by atoms with Crippen LogP contribution in [0.25, 0.3) is 0 Å². The average Bonchev–Trinajstić information content (AvgIpc) is 2.37. The topological polar surface area (TPSA) is 238 Å². The Kier molecular flexibility index (Phi) is 6.61. The molecule has 8 N–H and O–H groups in total. The van der Waals surface area contributed by atoms with E-state index in [1.807, 2.05) is 19.9 Å². The Morgan fingerprint density at radius 1 is 0.696 bits per heavy atom. The Labute approximate surface area is 123 Å². The van der Waals surface area contributed by atoms with Gasteiger partial charge in [0.1, 0.15) is 11.4 Å². The van der Waals surface area contributed by atoms with Crippen LogP contribution in [0.4, 0.5) is 0 Å². The van der Waals surface area contributed by atoms with Crippen molar-refractivity contribution in [3.05, 3.63) is 65.2 Å². The van der Waals surface area contributed by atoms with Crippen LogP contribution in [0.5, 0.6) is 0 Å². The summed E-state index contributed by atoms with van der Waals surface area (Å²) in [6.07, 6.45) is 0. The lowest BCUT2D eigenvalue weighted by molar-refractivity contribution is 0.0679. The molecule has 124 valence electrons. The molecule has 13 heteroatoms. The molecular formula is C10H10N4O9. The minimum atomic E-state index is -1.34. The van der Waals surface area contributed by atoms with Crippen LogP contribution in [0.2, 0.25) is 0 Å². The number of carboxylic acid groups (broad SMARTS) is 2. The summed E-state index contributed by atoms with van der Waals surface area (Å²) in [6.45, 7) is 0. The number of aromatic carboxylic acids is 2. The van der Waals surface area contributed by atoms with Crippen molar-refractivity contribution in [2.24, 2.45) is 0 Å². The quantitative estimate of drug-likeness (QED) is 0.325. The second-order valence-corrected chi connectivity index (χ2v) is 3.61. The predicted molar refractivity (Wildman–Crippen MR) is 72.9 cm³/mol. The third-order valence-corrected chi connectivity index (χ3v) is 1.98. The van der Waals surface area contributed by atoms with Crippen molar-refractivity contribution >= 4 is 11.9 Å². The molecule has 0 fully saturated rings. The van der Waals surface area contributed by atoms with Crippen molar-refractivity contribution in [3.8, 4) is 0 Å². The molecule has 0 bridgehead atoms. The molecule has 0 saturated carbocycles. The number of nitrogens with one attached hydrogen (secondary N) is 4. The Bertz CT molecular complexity index is 798. The fraction of sp³-hybridized carbons (Fsp3) is 0. The minimum Gasteiger partial charge on any atom is -0.477 e. The molecule has 0 saturated heterocycles. The summed E-state index contributed by atoms with van der Waals surface area (Å²) in [5.41, 5.74) is -3.94. The van der Waals surface area contributed by atoms with E-state index in [9.17, 15) is 28.8 Å². The van der Waals surface area contributed by atoms with Gasteiger partial charge in [0.15, 0.2) is 0 Å². The molecule has 2 aromatic heterocycles. The van der Waals surface area contributed by atoms with Crippen LogP contribution >= 0.6 is 0 Å². The number of hydrogen-bond acceptors (Lipinski definition) is 6. The summed E-state index contributed by atoms with van der Waals surface area (Å²) in [5.74, 6) is -2.68. The molecule has 0 aliphatic carbocycles. The lowest BCUT2D eigenvalue weighted by Crippen LogP contribution is -2.24. The Morgan fingerprint density at radius 3 is 1.22 bits per heavy atom. The fourth-order valence-corrected chi connectivity index (χ4v) is 1.17. The van der Waals surface area contributed by atoms with Gasteiger partial charge in [0, 0.05) is 12.1 Å². The molecule has 2 rings (SSSR count). The summed E-state index contributed by atoms with van der Waals surface area (Å²) in [6, 6.07) is 1.59. The standard InChI is InChI=1S/2C5H4N2O4.H2O/c2*8-3-1-2(4(9)10)6-5(11)7-3;/h2*1H,(H,9,10)(H2,6,7,8,11);1H2. The van der Waals surface area contributed by atoms with Crippen molar-refractivity contribution in [2.45, 2.75) is 0 Å². The third kappa shape index (κ3) is 6.05. The van der Waals surface area contributed by atoms with E-state index in [-0.39, 0.29) is 5.48 Å². The number of hydrogen-bond donors (Lipinski definition) is 6. The van der Waals surface area contributed by atoms with Gasteiger partial charge in [0.2, 0.25) is 0 Å². The molecule has 23 heavy (non-hydrogen) atoms. The first kappa shape index (κ1) is 19.3. The van der Waals surface area contributed by atoms with Gasteiger partial charge in [-0.2, -0.15) is 0 Å². The highest BCUT2D eigenvalue weighted by molar-refractivity contribution is 5.85. The summed E-state index contributed by atoms with van der Waals surface area (Å²) in [7, 11) is 0.